The van der Waals surface area contributed by atoms with Crippen LogP contribution in [-0.4, -0.2) is 15.3 Å². The molecule has 0 aliphatic rings. The predicted molar refractivity (Wildman–Crippen MR) is 88.1 cm³/mol. The Labute approximate surface area is 135 Å². The number of thioether (sulfide) groups is 1. The van der Waals surface area contributed by atoms with E-state index in [1.54, 1.807) is 4.57 Å². The lowest BCUT2D eigenvalue weighted by Crippen LogP contribution is -2.27. The van der Waals surface area contributed by atoms with Gasteiger partial charge >= 0.3 is 0 Å². The molecule has 0 spiro atoms. The molecule has 1 aromatic heterocycles. The number of hydrogen-bond acceptors (Lipinski definition) is 3. The Bertz CT molecular complexity index is 646. The van der Waals surface area contributed by atoms with Crippen LogP contribution >= 0.6 is 39.3 Å². The van der Waals surface area contributed by atoms with Crippen LogP contribution in [0.3, 0.4) is 0 Å². The molecule has 2 rings (SSSR count). The molecule has 6 heteroatoms. The zero-order chi connectivity index (χ0) is 14.5. The van der Waals surface area contributed by atoms with Crippen LogP contribution in [0.5, 0.6) is 0 Å². The Kier molecular flexibility index (Phi) is 5.69. The molecule has 1 heterocycles. The number of benzene rings is 1. The molecule has 0 aliphatic heterocycles. The first-order chi connectivity index (χ1) is 9.67. The lowest BCUT2D eigenvalue weighted by Gasteiger charge is -2.14. The summed E-state index contributed by atoms with van der Waals surface area (Å²) < 4.78 is 1.69. The Balaban J connectivity index is 2.51. The van der Waals surface area contributed by atoms with Crippen LogP contribution in [0.2, 0.25) is 5.15 Å². The molecule has 0 unspecified atom stereocenters. The molecule has 3 nitrogen and oxygen atoms in total. The van der Waals surface area contributed by atoms with E-state index < -0.39 is 0 Å². The molecule has 0 aliphatic carbocycles. The molecular weight excluding hydrogens is 360 g/mol. The van der Waals surface area contributed by atoms with Crippen LogP contribution < -0.4 is 5.56 Å². The predicted octanol–water partition coefficient (Wildman–Crippen LogP) is 3.95. The van der Waals surface area contributed by atoms with Gasteiger partial charge in [0, 0.05) is 5.33 Å². The molecule has 106 valence electrons. The Morgan fingerprint density at radius 2 is 2.05 bits per heavy atom. The number of halogens is 2. The number of hydrogen-bond donors (Lipinski definition) is 0. The highest BCUT2D eigenvalue weighted by Crippen LogP contribution is 2.20. The lowest BCUT2D eigenvalue weighted by molar-refractivity contribution is 0.689. The monoisotopic (exact) mass is 372 g/mol. The summed E-state index contributed by atoms with van der Waals surface area (Å²) in [7, 11) is 0. The minimum Gasteiger partial charge on any atom is -0.302 e. The second-order valence-electron chi connectivity index (χ2n) is 4.10. The molecule has 0 radical (unpaired) electrons. The summed E-state index contributed by atoms with van der Waals surface area (Å²) in [5, 5.41) is 1.34. The Morgan fingerprint density at radius 1 is 1.35 bits per heavy atom. The fourth-order valence-electron chi connectivity index (χ4n) is 1.84. The first kappa shape index (κ1) is 15.6. The van der Waals surface area contributed by atoms with E-state index in [0.29, 0.717) is 27.7 Å². The second-order valence-corrected chi connectivity index (χ2v) is 6.27. The van der Waals surface area contributed by atoms with Gasteiger partial charge in [-0.3, -0.25) is 4.79 Å². The molecule has 1 aromatic carbocycles. The summed E-state index contributed by atoms with van der Waals surface area (Å²) in [5.74, 6) is 0.789. The van der Waals surface area contributed by atoms with Crippen molar-refractivity contribution in [2.45, 2.75) is 23.8 Å². The molecule has 0 saturated carbocycles. The zero-order valence-electron chi connectivity index (χ0n) is 11.0. The van der Waals surface area contributed by atoms with Gasteiger partial charge in [-0.2, -0.15) is 0 Å². The molecule has 0 saturated heterocycles. The fourth-order valence-corrected chi connectivity index (χ4v) is 3.54. The second kappa shape index (κ2) is 7.29. The van der Waals surface area contributed by atoms with Crippen LogP contribution in [0, 0.1) is 0 Å². The van der Waals surface area contributed by atoms with Crippen LogP contribution in [0.25, 0.3) is 0 Å². The molecule has 0 amide bonds. The van der Waals surface area contributed by atoms with Crippen LogP contribution in [0.4, 0.5) is 0 Å². The van der Waals surface area contributed by atoms with Crippen LogP contribution in [-0.2, 0) is 11.9 Å². The van der Waals surface area contributed by atoms with E-state index >= 15 is 0 Å². The van der Waals surface area contributed by atoms with E-state index in [4.69, 9.17) is 11.6 Å². The Morgan fingerprint density at radius 3 is 2.65 bits per heavy atom. The SMILES string of the molecule is CCSc1nc(Cl)c(CBr)n(Cc2ccccc2)c1=O. The minimum absolute atomic E-state index is 0.0837. The largest absolute Gasteiger partial charge is 0.302 e. The van der Waals surface area contributed by atoms with E-state index in [9.17, 15) is 4.79 Å². The summed E-state index contributed by atoms with van der Waals surface area (Å²) in [6.07, 6.45) is 0. The number of aromatic nitrogens is 2. The van der Waals surface area contributed by atoms with Crippen molar-refractivity contribution in [1.82, 2.24) is 9.55 Å². The maximum absolute atomic E-state index is 12.5. The molecule has 20 heavy (non-hydrogen) atoms. The molecule has 2 aromatic rings. The molecule has 0 fully saturated rings. The molecular formula is C14H14BrClN2OS. The number of alkyl halides is 1. The van der Waals surface area contributed by atoms with Crippen molar-refractivity contribution in [2.24, 2.45) is 0 Å². The van der Waals surface area contributed by atoms with Crippen LogP contribution in [0.15, 0.2) is 40.2 Å². The van der Waals surface area contributed by atoms with Crippen molar-refractivity contribution < 1.29 is 0 Å². The van der Waals surface area contributed by atoms with E-state index in [-0.39, 0.29) is 5.56 Å². The van der Waals surface area contributed by atoms with Crippen molar-refractivity contribution in [2.75, 3.05) is 5.75 Å². The van der Waals surface area contributed by atoms with Gasteiger partial charge in [-0.05, 0) is 11.3 Å². The van der Waals surface area contributed by atoms with Crippen molar-refractivity contribution in [3.8, 4) is 0 Å². The molecule has 0 N–H and O–H groups in total. The van der Waals surface area contributed by atoms with Crippen molar-refractivity contribution in [3.63, 3.8) is 0 Å². The Hall–Kier alpha value is -0.780. The summed E-state index contributed by atoms with van der Waals surface area (Å²) in [5.41, 5.74) is 1.69. The van der Waals surface area contributed by atoms with Gasteiger partial charge in [0.15, 0.2) is 10.2 Å². The summed E-state index contributed by atoms with van der Waals surface area (Å²) >= 11 is 11.0. The van der Waals surface area contributed by atoms with Gasteiger partial charge in [0.25, 0.3) is 5.56 Å². The number of rotatable bonds is 5. The highest BCUT2D eigenvalue weighted by Gasteiger charge is 2.14. The van der Waals surface area contributed by atoms with Gasteiger partial charge < -0.3 is 4.57 Å². The van der Waals surface area contributed by atoms with Gasteiger partial charge in [0.1, 0.15) is 0 Å². The average Bonchev–Trinajstić information content (AvgIpc) is 2.46. The lowest BCUT2D eigenvalue weighted by atomic mass is 10.2. The van der Waals surface area contributed by atoms with Crippen molar-refractivity contribution in [3.05, 3.63) is 57.1 Å². The number of nitrogens with zero attached hydrogens (tertiary/aromatic N) is 2. The zero-order valence-corrected chi connectivity index (χ0v) is 14.1. The third-order valence-corrected chi connectivity index (χ3v) is 4.44. The smallest absolute Gasteiger partial charge is 0.283 e. The summed E-state index contributed by atoms with van der Waals surface area (Å²) in [4.78, 5) is 16.7. The summed E-state index contributed by atoms with van der Waals surface area (Å²) in [6, 6.07) is 9.85. The van der Waals surface area contributed by atoms with Crippen molar-refractivity contribution in [1.29, 1.82) is 0 Å². The van der Waals surface area contributed by atoms with Gasteiger partial charge in [-0.1, -0.05) is 64.8 Å². The van der Waals surface area contributed by atoms with Gasteiger partial charge in [-0.15, -0.1) is 11.8 Å². The van der Waals surface area contributed by atoms with E-state index in [2.05, 4.69) is 20.9 Å². The van der Waals surface area contributed by atoms with E-state index in [0.717, 1.165) is 11.3 Å². The maximum atomic E-state index is 12.5. The minimum atomic E-state index is -0.0837. The molecule has 0 bridgehead atoms. The van der Waals surface area contributed by atoms with Gasteiger partial charge in [-0.25, -0.2) is 4.98 Å². The fraction of sp³-hybridized carbons (Fsp3) is 0.286. The van der Waals surface area contributed by atoms with E-state index in [1.807, 2.05) is 37.3 Å². The van der Waals surface area contributed by atoms with Gasteiger partial charge in [0.05, 0.1) is 12.2 Å². The highest BCUT2D eigenvalue weighted by atomic mass is 79.9. The summed E-state index contributed by atoms with van der Waals surface area (Å²) in [6.45, 7) is 2.49. The topological polar surface area (TPSA) is 34.9 Å². The third-order valence-electron chi connectivity index (χ3n) is 2.78. The first-order valence-electron chi connectivity index (χ1n) is 6.19. The average molecular weight is 374 g/mol. The maximum Gasteiger partial charge on any atom is 0.283 e. The normalized spacial score (nSPS) is 10.8. The van der Waals surface area contributed by atoms with Crippen molar-refractivity contribution >= 4 is 39.3 Å². The van der Waals surface area contributed by atoms with Gasteiger partial charge in [0.2, 0.25) is 0 Å². The highest BCUT2D eigenvalue weighted by molar-refractivity contribution is 9.08. The third kappa shape index (κ3) is 3.45. The van der Waals surface area contributed by atoms with E-state index in [1.165, 1.54) is 11.8 Å². The van der Waals surface area contributed by atoms with Crippen LogP contribution in [0.1, 0.15) is 18.2 Å². The standard InChI is InChI=1S/C14H14BrClN2OS/c1-2-20-13-14(19)18(11(8-15)12(16)17-13)9-10-6-4-3-5-7-10/h3-7H,2,8-9H2,1H3. The first-order valence-corrected chi connectivity index (χ1v) is 8.67. The quantitative estimate of drug-likeness (QED) is 0.588. The molecule has 0 atom stereocenters.